The number of carbonyl (C=O) groups excluding carboxylic acids is 1. The summed E-state index contributed by atoms with van der Waals surface area (Å²) < 4.78 is 25.3. The normalized spacial score (nSPS) is 19.8. The molecule has 118 valence electrons. The van der Waals surface area contributed by atoms with E-state index in [9.17, 15) is 13.2 Å². The number of carbonyl (C=O) groups is 1. The Morgan fingerprint density at radius 2 is 2.00 bits per heavy atom. The van der Waals surface area contributed by atoms with Gasteiger partial charge in [0, 0.05) is 25.6 Å². The molecule has 20 heavy (non-hydrogen) atoms. The summed E-state index contributed by atoms with van der Waals surface area (Å²) in [6, 6.07) is 0.0459. The van der Waals surface area contributed by atoms with Crippen LogP contribution in [0.1, 0.15) is 46.0 Å². The quantitative estimate of drug-likeness (QED) is 0.716. The molecule has 1 rings (SSSR count). The first-order chi connectivity index (χ1) is 9.35. The molecule has 0 bridgehead atoms. The topological polar surface area (TPSA) is 86.7 Å². The van der Waals surface area contributed by atoms with Crippen molar-refractivity contribution in [1.29, 1.82) is 0 Å². The molecule has 0 aromatic carbocycles. The minimum Gasteiger partial charge on any atom is -0.393 e. The molecule has 1 amide bonds. The highest BCUT2D eigenvalue weighted by Crippen LogP contribution is 2.15. The van der Waals surface area contributed by atoms with Crippen LogP contribution >= 0.6 is 0 Å². The molecule has 2 N–H and O–H groups in total. The largest absolute Gasteiger partial charge is 0.393 e. The van der Waals surface area contributed by atoms with Gasteiger partial charge in [-0.3, -0.25) is 4.79 Å². The molecule has 1 aliphatic rings. The molecule has 0 aromatic heterocycles. The fourth-order valence-corrected chi connectivity index (χ4v) is 3.85. The lowest BCUT2D eigenvalue weighted by molar-refractivity contribution is -0.122. The van der Waals surface area contributed by atoms with Crippen molar-refractivity contribution in [2.45, 2.75) is 58.1 Å². The van der Waals surface area contributed by atoms with E-state index in [0.29, 0.717) is 45.2 Å². The summed E-state index contributed by atoms with van der Waals surface area (Å²) in [7, 11) is -3.12. The summed E-state index contributed by atoms with van der Waals surface area (Å²) in [6.45, 7) is 4.46. The van der Waals surface area contributed by atoms with Gasteiger partial charge in [-0.05, 0) is 32.6 Å². The Hall–Kier alpha value is -0.660. The highest BCUT2D eigenvalue weighted by Gasteiger charge is 2.27. The zero-order valence-corrected chi connectivity index (χ0v) is 13.2. The molecule has 0 aromatic rings. The van der Waals surface area contributed by atoms with Crippen LogP contribution < -0.4 is 5.32 Å². The van der Waals surface area contributed by atoms with Crippen LogP contribution in [0.25, 0.3) is 0 Å². The monoisotopic (exact) mass is 306 g/mol. The summed E-state index contributed by atoms with van der Waals surface area (Å²) >= 11 is 0. The number of hydrogen-bond donors (Lipinski definition) is 2. The van der Waals surface area contributed by atoms with Crippen LogP contribution in [0.15, 0.2) is 0 Å². The average molecular weight is 306 g/mol. The van der Waals surface area contributed by atoms with E-state index >= 15 is 0 Å². The fraction of sp³-hybridized carbons (Fsp3) is 0.923. The average Bonchev–Trinajstić information content (AvgIpc) is 2.37. The zero-order chi connectivity index (χ0) is 15.2. The first-order valence-electron chi connectivity index (χ1n) is 7.30. The van der Waals surface area contributed by atoms with Gasteiger partial charge in [0.15, 0.2) is 0 Å². The maximum atomic E-state index is 11.9. The Morgan fingerprint density at radius 1 is 1.40 bits per heavy atom. The number of rotatable bonds is 7. The van der Waals surface area contributed by atoms with Crippen LogP contribution in [0.4, 0.5) is 0 Å². The Kier molecular flexibility index (Phi) is 6.91. The second-order valence-electron chi connectivity index (χ2n) is 5.44. The van der Waals surface area contributed by atoms with Crippen LogP contribution in [0.2, 0.25) is 0 Å². The van der Waals surface area contributed by atoms with Crippen molar-refractivity contribution in [3.05, 3.63) is 0 Å². The maximum absolute atomic E-state index is 11.9. The number of hydrogen-bond acceptors (Lipinski definition) is 4. The molecule has 7 heteroatoms. The van der Waals surface area contributed by atoms with Crippen LogP contribution in [-0.4, -0.2) is 54.7 Å². The van der Waals surface area contributed by atoms with Crippen LogP contribution in [-0.2, 0) is 14.8 Å². The van der Waals surface area contributed by atoms with Crippen molar-refractivity contribution in [2.24, 2.45) is 0 Å². The summed E-state index contributed by atoms with van der Waals surface area (Å²) in [4.78, 5) is 11.6. The van der Waals surface area contributed by atoms with E-state index in [4.69, 9.17) is 5.11 Å². The molecule has 0 spiro atoms. The lowest BCUT2D eigenvalue weighted by atomic mass is 10.1. The van der Waals surface area contributed by atoms with Gasteiger partial charge in [0.1, 0.15) is 0 Å². The molecule has 6 nitrogen and oxygen atoms in total. The van der Waals surface area contributed by atoms with E-state index in [1.165, 1.54) is 4.31 Å². The van der Waals surface area contributed by atoms with Crippen molar-refractivity contribution in [3.63, 3.8) is 0 Å². The molecule has 1 fully saturated rings. The molecule has 1 heterocycles. The molecule has 0 saturated carbocycles. The number of sulfonamides is 1. The Morgan fingerprint density at radius 3 is 2.50 bits per heavy atom. The van der Waals surface area contributed by atoms with Crippen molar-refractivity contribution in [2.75, 3.05) is 18.8 Å². The van der Waals surface area contributed by atoms with E-state index in [0.717, 1.165) is 0 Å². The van der Waals surface area contributed by atoms with E-state index < -0.39 is 16.1 Å². The third-order valence-corrected chi connectivity index (χ3v) is 5.54. The number of amides is 1. The van der Waals surface area contributed by atoms with Crippen LogP contribution in [0.5, 0.6) is 0 Å². The summed E-state index contributed by atoms with van der Waals surface area (Å²) in [6.07, 6.45) is 2.23. The third-order valence-electron chi connectivity index (χ3n) is 3.46. The van der Waals surface area contributed by atoms with Gasteiger partial charge in [-0.1, -0.05) is 6.92 Å². The van der Waals surface area contributed by atoms with Gasteiger partial charge in [-0.25, -0.2) is 12.7 Å². The molecule has 0 radical (unpaired) electrons. The van der Waals surface area contributed by atoms with Gasteiger partial charge in [-0.2, -0.15) is 0 Å². The second kappa shape index (κ2) is 7.95. The Bertz CT molecular complexity index is 401. The van der Waals surface area contributed by atoms with Crippen LogP contribution in [0.3, 0.4) is 0 Å². The van der Waals surface area contributed by atoms with Crippen molar-refractivity contribution in [3.8, 4) is 0 Å². The van der Waals surface area contributed by atoms with Gasteiger partial charge in [0.05, 0.1) is 11.9 Å². The number of nitrogens with zero attached hydrogens (tertiary/aromatic N) is 1. The summed E-state index contributed by atoms with van der Waals surface area (Å²) in [5.74, 6) is 0.124. The van der Waals surface area contributed by atoms with Crippen molar-refractivity contribution >= 4 is 15.9 Å². The van der Waals surface area contributed by atoms with Gasteiger partial charge >= 0.3 is 0 Å². The predicted molar refractivity (Wildman–Crippen MR) is 77.7 cm³/mol. The van der Waals surface area contributed by atoms with Gasteiger partial charge in [-0.15, -0.1) is 0 Å². The molecule has 1 saturated heterocycles. The van der Waals surface area contributed by atoms with E-state index in [1.54, 1.807) is 6.92 Å². The predicted octanol–water partition coefficient (Wildman–Crippen LogP) is 0.468. The third kappa shape index (κ3) is 5.76. The van der Waals surface area contributed by atoms with E-state index in [1.807, 2.05) is 6.92 Å². The van der Waals surface area contributed by atoms with E-state index in [-0.39, 0.29) is 17.7 Å². The highest BCUT2D eigenvalue weighted by atomic mass is 32.2. The van der Waals surface area contributed by atoms with Crippen molar-refractivity contribution < 1.29 is 18.3 Å². The lowest BCUT2D eigenvalue weighted by Gasteiger charge is -2.31. The standard InChI is InChI=1S/C13H26N2O4S/c1-3-10-20(18,19)15-8-6-12(7-9-15)14-13(17)5-4-11(2)16/h11-12,16H,3-10H2,1-2H3,(H,14,17). The number of piperidine rings is 1. The van der Waals surface area contributed by atoms with Gasteiger partial charge < -0.3 is 10.4 Å². The van der Waals surface area contributed by atoms with Crippen molar-refractivity contribution in [1.82, 2.24) is 9.62 Å². The number of nitrogens with one attached hydrogen (secondary N) is 1. The summed E-state index contributed by atoms with van der Waals surface area (Å²) in [5, 5.41) is 12.0. The maximum Gasteiger partial charge on any atom is 0.220 e. The van der Waals surface area contributed by atoms with Crippen LogP contribution in [0, 0.1) is 0 Å². The summed E-state index contributed by atoms with van der Waals surface area (Å²) in [5.41, 5.74) is 0. The molecular formula is C13H26N2O4S. The SMILES string of the molecule is CCCS(=O)(=O)N1CCC(NC(=O)CCC(C)O)CC1. The highest BCUT2D eigenvalue weighted by molar-refractivity contribution is 7.89. The Balaban J connectivity index is 2.34. The van der Waals surface area contributed by atoms with Gasteiger partial charge in [0.2, 0.25) is 15.9 Å². The number of aliphatic hydroxyl groups is 1. The number of aliphatic hydroxyl groups excluding tert-OH is 1. The van der Waals surface area contributed by atoms with Gasteiger partial charge in [0.25, 0.3) is 0 Å². The smallest absolute Gasteiger partial charge is 0.220 e. The lowest BCUT2D eigenvalue weighted by Crippen LogP contribution is -2.47. The molecule has 1 atom stereocenters. The zero-order valence-electron chi connectivity index (χ0n) is 12.3. The molecule has 0 aliphatic carbocycles. The molecule has 1 unspecified atom stereocenters. The first kappa shape index (κ1) is 17.4. The minimum absolute atomic E-state index is 0.0459. The second-order valence-corrected chi connectivity index (χ2v) is 7.53. The first-order valence-corrected chi connectivity index (χ1v) is 8.91. The molecule has 1 aliphatic heterocycles. The Labute approximate surface area is 121 Å². The molecular weight excluding hydrogens is 280 g/mol. The fourth-order valence-electron chi connectivity index (χ4n) is 2.31. The minimum atomic E-state index is -3.12. The van der Waals surface area contributed by atoms with E-state index in [2.05, 4.69) is 5.32 Å².